The van der Waals surface area contributed by atoms with E-state index in [0.29, 0.717) is 6.42 Å². The molecular formula is C13H15Br2NO3S. The smallest absolute Gasteiger partial charge is 0.332 e. The van der Waals surface area contributed by atoms with Crippen molar-refractivity contribution in [2.75, 3.05) is 7.11 Å². The van der Waals surface area contributed by atoms with Crippen LogP contribution in [0.5, 0.6) is 0 Å². The molecule has 0 aromatic carbocycles. The number of hydrogen-bond donors (Lipinski definition) is 1. The molecule has 1 heterocycles. The summed E-state index contributed by atoms with van der Waals surface area (Å²) >= 11 is 8.34. The molecule has 1 amide bonds. The average molecular weight is 425 g/mol. The Morgan fingerprint density at radius 1 is 1.55 bits per heavy atom. The maximum atomic E-state index is 12.4. The molecule has 0 bridgehead atoms. The molecule has 2 rings (SSSR count). The summed E-state index contributed by atoms with van der Waals surface area (Å²) in [7, 11) is 1.33. The molecule has 110 valence electrons. The van der Waals surface area contributed by atoms with Crippen LogP contribution in [0.15, 0.2) is 21.0 Å². The fraction of sp³-hybridized carbons (Fsp3) is 0.538. The average Bonchev–Trinajstić information content (AvgIpc) is 3.09. The Balaban J connectivity index is 2.09. The summed E-state index contributed by atoms with van der Waals surface area (Å²) in [5, 5.41) is 2.60. The van der Waals surface area contributed by atoms with Gasteiger partial charge in [-0.25, -0.2) is 4.79 Å². The van der Waals surface area contributed by atoms with Crippen molar-refractivity contribution >= 4 is 55.5 Å². The lowest BCUT2D eigenvalue weighted by molar-refractivity contribution is -0.146. The number of esters is 1. The normalized spacial score (nSPS) is 35.7. The molecule has 4 unspecified atom stereocenters. The van der Waals surface area contributed by atoms with Gasteiger partial charge in [0.15, 0.2) is 0 Å². The van der Waals surface area contributed by atoms with Gasteiger partial charge in [0.1, 0.15) is 5.54 Å². The second-order valence-electron chi connectivity index (χ2n) is 4.95. The Morgan fingerprint density at radius 2 is 2.20 bits per heavy atom. The van der Waals surface area contributed by atoms with Gasteiger partial charge in [0.05, 0.1) is 16.2 Å². The highest BCUT2D eigenvalue weighted by atomic mass is 79.9. The van der Waals surface area contributed by atoms with Crippen molar-refractivity contribution in [2.24, 2.45) is 11.8 Å². The number of allylic oxidation sites excluding steroid dienone is 1. The number of nitrogens with one attached hydrogen (secondary N) is 1. The van der Waals surface area contributed by atoms with Gasteiger partial charge in [0.25, 0.3) is 0 Å². The molecule has 0 aromatic rings. The highest BCUT2D eigenvalue weighted by Crippen LogP contribution is 2.49. The van der Waals surface area contributed by atoms with Crippen molar-refractivity contribution in [2.45, 2.75) is 24.1 Å². The van der Waals surface area contributed by atoms with E-state index in [1.165, 1.54) is 18.9 Å². The van der Waals surface area contributed by atoms with Gasteiger partial charge in [-0.15, -0.1) is 18.3 Å². The summed E-state index contributed by atoms with van der Waals surface area (Å²) in [5.74, 6) is -0.549. The second-order valence-corrected chi connectivity index (χ2v) is 8.27. The molecule has 1 aliphatic carbocycles. The Morgan fingerprint density at radius 3 is 2.60 bits per heavy atom. The lowest BCUT2D eigenvalue weighted by Gasteiger charge is -2.21. The van der Waals surface area contributed by atoms with E-state index in [4.69, 9.17) is 4.74 Å². The van der Waals surface area contributed by atoms with Gasteiger partial charge in [0, 0.05) is 16.3 Å². The molecule has 7 heteroatoms. The van der Waals surface area contributed by atoms with Gasteiger partial charge in [-0.1, -0.05) is 28.9 Å². The number of hydrogen-bond acceptors (Lipinski definition) is 4. The van der Waals surface area contributed by atoms with E-state index in [-0.39, 0.29) is 23.0 Å². The van der Waals surface area contributed by atoms with Crippen molar-refractivity contribution in [3.63, 3.8) is 0 Å². The third-order valence-electron chi connectivity index (χ3n) is 3.73. The third-order valence-corrected chi connectivity index (χ3v) is 7.93. The Kier molecular flexibility index (Phi) is 4.71. The molecular weight excluding hydrogens is 410 g/mol. The van der Waals surface area contributed by atoms with Crippen LogP contribution in [0.4, 0.5) is 0 Å². The Hall–Kier alpha value is -0.270. The Labute approximate surface area is 139 Å². The maximum Gasteiger partial charge on any atom is 0.332 e. The van der Waals surface area contributed by atoms with Crippen molar-refractivity contribution < 1.29 is 14.3 Å². The molecule has 1 aliphatic heterocycles. The quantitative estimate of drug-likeness (QED) is 0.556. The predicted octanol–water partition coefficient (Wildman–Crippen LogP) is 2.93. The summed E-state index contributed by atoms with van der Waals surface area (Å²) in [4.78, 5) is 24.3. The third kappa shape index (κ3) is 2.60. The van der Waals surface area contributed by atoms with Crippen molar-refractivity contribution in [1.82, 2.24) is 5.32 Å². The van der Waals surface area contributed by atoms with Crippen molar-refractivity contribution in [3.8, 4) is 0 Å². The summed E-state index contributed by atoms with van der Waals surface area (Å²) < 4.78 is 6.71. The van der Waals surface area contributed by atoms with Crippen LogP contribution >= 0.6 is 43.6 Å². The molecule has 4 nitrogen and oxygen atoms in total. The molecule has 20 heavy (non-hydrogen) atoms. The van der Waals surface area contributed by atoms with Gasteiger partial charge in [-0.05, 0) is 22.4 Å². The zero-order valence-corrected chi connectivity index (χ0v) is 15.1. The maximum absolute atomic E-state index is 12.4. The van der Waals surface area contributed by atoms with Crippen LogP contribution in [0.25, 0.3) is 0 Å². The highest BCUT2D eigenvalue weighted by Gasteiger charge is 2.61. The minimum Gasteiger partial charge on any atom is -0.467 e. The minimum atomic E-state index is -0.921. The van der Waals surface area contributed by atoms with Crippen LogP contribution in [0.3, 0.4) is 0 Å². The second kappa shape index (κ2) is 5.85. The molecule has 0 radical (unpaired) electrons. The number of rotatable bonds is 4. The van der Waals surface area contributed by atoms with Crippen LogP contribution in [-0.4, -0.2) is 29.8 Å². The van der Waals surface area contributed by atoms with E-state index in [2.05, 4.69) is 43.8 Å². The zero-order chi connectivity index (χ0) is 15.1. The summed E-state index contributed by atoms with van der Waals surface area (Å²) in [5.41, 5.74) is -0.921. The number of carbonyl (C=O) groups excluding carboxylic acids is 2. The van der Waals surface area contributed by atoms with Gasteiger partial charge in [-0.3, -0.25) is 4.79 Å². The zero-order valence-electron chi connectivity index (χ0n) is 11.1. The summed E-state index contributed by atoms with van der Waals surface area (Å²) in [6.45, 7) is 5.66. The number of amides is 1. The van der Waals surface area contributed by atoms with E-state index < -0.39 is 11.5 Å². The van der Waals surface area contributed by atoms with Crippen LogP contribution in [0, 0.1) is 11.8 Å². The molecule has 1 saturated carbocycles. The monoisotopic (exact) mass is 423 g/mol. The van der Waals surface area contributed by atoms with Crippen LogP contribution in [-0.2, 0) is 14.3 Å². The first-order valence-electron chi connectivity index (χ1n) is 6.12. The molecule has 2 aliphatic rings. The van der Waals surface area contributed by atoms with E-state index in [1.54, 1.807) is 6.08 Å². The van der Waals surface area contributed by atoms with E-state index in [0.717, 1.165) is 8.30 Å². The fourth-order valence-electron chi connectivity index (χ4n) is 2.34. The molecule has 0 spiro atoms. The van der Waals surface area contributed by atoms with Gasteiger partial charge in [-0.2, -0.15) is 0 Å². The minimum absolute atomic E-state index is 0.0551. The molecule has 0 saturated heterocycles. The number of methoxy groups -OCH3 is 1. The molecule has 1 fully saturated rings. The number of carbonyl (C=O) groups is 2. The van der Waals surface area contributed by atoms with Crippen LogP contribution < -0.4 is 5.32 Å². The lowest BCUT2D eigenvalue weighted by atomic mass is 10.1. The highest BCUT2D eigenvalue weighted by molar-refractivity contribution is 9.15. The van der Waals surface area contributed by atoms with Gasteiger partial charge >= 0.3 is 5.97 Å². The fourth-order valence-corrected chi connectivity index (χ4v) is 5.05. The largest absolute Gasteiger partial charge is 0.467 e. The van der Waals surface area contributed by atoms with E-state index >= 15 is 0 Å². The first-order chi connectivity index (χ1) is 9.37. The van der Waals surface area contributed by atoms with Crippen molar-refractivity contribution in [1.29, 1.82) is 0 Å². The molecule has 1 N–H and O–H groups in total. The lowest BCUT2D eigenvalue weighted by Crippen LogP contribution is -2.49. The van der Waals surface area contributed by atoms with E-state index in [1.807, 2.05) is 6.92 Å². The van der Waals surface area contributed by atoms with E-state index in [9.17, 15) is 9.59 Å². The first-order valence-corrected chi connectivity index (χ1v) is 8.58. The number of thioether (sulfide) groups is 1. The predicted molar refractivity (Wildman–Crippen MR) is 86.6 cm³/mol. The molecule has 0 aromatic heterocycles. The SMILES string of the molecule is C=CC1CC1(NC(=O)C1SC(Br)=C(Br)C1C)C(=O)OC. The summed E-state index contributed by atoms with van der Waals surface area (Å²) in [6, 6.07) is 0. The first kappa shape index (κ1) is 16.1. The topological polar surface area (TPSA) is 55.4 Å². The van der Waals surface area contributed by atoms with Crippen molar-refractivity contribution in [3.05, 3.63) is 21.0 Å². The van der Waals surface area contributed by atoms with Gasteiger partial charge < -0.3 is 10.1 Å². The van der Waals surface area contributed by atoms with Gasteiger partial charge in [0.2, 0.25) is 5.91 Å². The standard InChI is InChI=1S/C13H15Br2NO3S/c1-4-7-5-13(7,12(18)19-3)16-11(17)9-6(2)8(14)10(15)20-9/h4,6-7,9H,1,5H2,2-3H3,(H,16,17). The van der Waals surface area contributed by atoms with Crippen LogP contribution in [0.2, 0.25) is 0 Å². The number of halogens is 2. The van der Waals surface area contributed by atoms with Crippen LogP contribution in [0.1, 0.15) is 13.3 Å². The summed E-state index contributed by atoms with van der Waals surface area (Å²) in [6.07, 6.45) is 2.24. The Bertz CT molecular complexity index is 508. The number of ether oxygens (including phenoxy) is 1. The molecule has 4 atom stereocenters.